The highest BCUT2D eigenvalue weighted by atomic mass is 16.2. The molecule has 2 amide bonds. The number of urea groups is 1. The summed E-state index contributed by atoms with van der Waals surface area (Å²) >= 11 is 0. The fourth-order valence-electron chi connectivity index (χ4n) is 4.52. The number of hydrogen-bond donors (Lipinski definition) is 1. The van der Waals surface area contributed by atoms with Crippen molar-refractivity contribution in [1.29, 1.82) is 0 Å². The molecule has 0 saturated carbocycles. The van der Waals surface area contributed by atoms with Crippen LogP contribution in [0.3, 0.4) is 0 Å². The Balaban J connectivity index is 1.29. The smallest absolute Gasteiger partial charge is 0.321 e. The minimum absolute atomic E-state index is 0.000579. The molecule has 1 N–H and O–H groups in total. The maximum absolute atomic E-state index is 12.7. The third kappa shape index (κ3) is 5.40. The van der Waals surface area contributed by atoms with Crippen molar-refractivity contribution in [2.75, 3.05) is 49.5 Å². The quantitative estimate of drug-likeness (QED) is 0.762. The molecule has 0 unspecified atom stereocenters. The highest BCUT2D eigenvalue weighted by Crippen LogP contribution is 2.26. The van der Waals surface area contributed by atoms with Crippen LogP contribution in [0.5, 0.6) is 0 Å². The van der Waals surface area contributed by atoms with Crippen molar-refractivity contribution in [3.8, 4) is 0 Å². The number of nitrogens with zero attached hydrogens (tertiary/aromatic N) is 3. The van der Waals surface area contributed by atoms with Crippen LogP contribution in [-0.2, 0) is 12.0 Å². The Morgan fingerprint density at radius 3 is 2.16 bits per heavy atom. The van der Waals surface area contributed by atoms with E-state index in [1.807, 2.05) is 17.0 Å². The number of anilines is 2. The fraction of sp³-hybridized carbons (Fsp3) is 0.500. The second-order valence-corrected chi connectivity index (χ2v) is 9.84. The van der Waals surface area contributed by atoms with Gasteiger partial charge in [-0.2, -0.15) is 0 Å². The number of rotatable bonds is 4. The molecule has 0 radical (unpaired) electrons. The van der Waals surface area contributed by atoms with E-state index in [4.69, 9.17) is 0 Å². The number of hydrogen-bond acceptors (Lipinski definition) is 3. The zero-order valence-corrected chi connectivity index (χ0v) is 19.2. The molecule has 2 heterocycles. The van der Waals surface area contributed by atoms with E-state index in [2.05, 4.69) is 72.3 Å². The van der Waals surface area contributed by atoms with Gasteiger partial charge in [0.2, 0.25) is 0 Å². The predicted molar refractivity (Wildman–Crippen MR) is 129 cm³/mol. The first kappa shape index (κ1) is 21.7. The lowest BCUT2D eigenvalue weighted by molar-refractivity contribution is 0.143. The molecular weight excluding hydrogens is 384 g/mol. The summed E-state index contributed by atoms with van der Waals surface area (Å²) < 4.78 is 0. The van der Waals surface area contributed by atoms with Gasteiger partial charge in [-0.05, 0) is 47.6 Å². The second-order valence-electron chi connectivity index (χ2n) is 9.84. The maximum atomic E-state index is 12.7. The molecule has 2 aliphatic heterocycles. The Morgan fingerprint density at radius 1 is 0.871 bits per heavy atom. The molecule has 4 rings (SSSR count). The lowest BCUT2D eigenvalue weighted by atomic mass is 9.87. The average molecular weight is 421 g/mol. The molecule has 0 atom stereocenters. The molecule has 2 fully saturated rings. The van der Waals surface area contributed by atoms with Crippen LogP contribution in [0.1, 0.15) is 44.7 Å². The summed E-state index contributed by atoms with van der Waals surface area (Å²) in [6.45, 7) is 13.2. The van der Waals surface area contributed by atoms with Crippen molar-refractivity contribution in [2.24, 2.45) is 0 Å². The first-order valence-corrected chi connectivity index (χ1v) is 11.6. The van der Waals surface area contributed by atoms with Gasteiger partial charge in [-0.3, -0.25) is 4.90 Å². The van der Waals surface area contributed by atoms with E-state index in [1.165, 1.54) is 42.7 Å². The Labute approximate surface area is 187 Å². The summed E-state index contributed by atoms with van der Waals surface area (Å²) in [5.74, 6) is 0. The summed E-state index contributed by atoms with van der Waals surface area (Å²) in [7, 11) is 0. The monoisotopic (exact) mass is 420 g/mol. The SMILES string of the molecule is CC(C)(C)c1ccc(NC(=O)N2CCN(Cc3ccccc3N3CCCC3)CC2)cc1. The Morgan fingerprint density at radius 2 is 1.52 bits per heavy atom. The standard InChI is InChI=1S/C26H36N4O/c1-26(2,3)22-10-12-23(13-11-22)27-25(31)30-18-16-28(17-19-30)20-21-8-4-5-9-24(21)29-14-6-7-15-29/h4-5,8-13H,6-7,14-20H2,1-3H3,(H,27,31). The van der Waals surface area contributed by atoms with Gasteiger partial charge in [-0.15, -0.1) is 0 Å². The molecule has 2 aliphatic rings. The molecular formula is C26H36N4O. The highest BCUT2D eigenvalue weighted by molar-refractivity contribution is 5.89. The lowest BCUT2D eigenvalue weighted by Crippen LogP contribution is -2.49. The number of piperazine rings is 1. The molecule has 0 bridgehead atoms. The van der Waals surface area contributed by atoms with Crippen LogP contribution >= 0.6 is 0 Å². The third-order valence-corrected chi connectivity index (χ3v) is 6.49. The van der Waals surface area contributed by atoms with Gasteiger partial charge in [0.15, 0.2) is 0 Å². The lowest BCUT2D eigenvalue weighted by Gasteiger charge is -2.35. The number of carbonyl (C=O) groups excluding carboxylic acids is 1. The Bertz CT molecular complexity index is 873. The van der Waals surface area contributed by atoms with Crippen molar-refractivity contribution in [1.82, 2.24) is 9.80 Å². The zero-order chi connectivity index (χ0) is 21.8. The third-order valence-electron chi connectivity index (χ3n) is 6.49. The van der Waals surface area contributed by atoms with Gasteiger partial charge in [0.25, 0.3) is 0 Å². The number of amides is 2. The zero-order valence-electron chi connectivity index (χ0n) is 19.2. The van der Waals surface area contributed by atoms with Crippen LogP contribution in [0.25, 0.3) is 0 Å². The van der Waals surface area contributed by atoms with Crippen molar-refractivity contribution in [3.05, 3.63) is 59.7 Å². The summed E-state index contributed by atoms with van der Waals surface area (Å²) in [5.41, 5.74) is 5.04. The Hall–Kier alpha value is -2.53. The summed E-state index contributed by atoms with van der Waals surface area (Å²) in [5, 5.41) is 3.06. The first-order valence-electron chi connectivity index (χ1n) is 11.6. The number of para-hydroxylation sites is 1. The predicted octanol–water partition coefficient (Wildman–Crippen LogP) is 4.93. The van der Waals surface area contributed by atoms with Crippen molar-refractivity contribution >= 4 is 17.4 Å². The van der Waals surface area contributed by atoms with Gasteiger partial charge >= 0.3 is 6.03 Å². The molecule has 2 aromatic rings. The van der Waals surface area contributed by atoms with Gasteiger partial charge < -0.3 is 15.1 Å². The van der Waals surface area contributed by atoms with Crippen LogP contribution < -0.4 is 10.2 Å². The van der Waals surface area contributed by atoms with Gasteiger partial charge in [0, 0.05) is 57.2 Å². The minimum Gasteiger partial charge on any atom is -0.371 e. The second kappa shape index (κ2) is 9.31. The molecule has 2 saturated heterocycles. The topological polar surface area (TPSA) is 38.8 Å². The van der Waals surface area contributed by atoms with Gasteiger partial charge in [-0.1, -0.05) is 51.1 Å². The van der Waals surface area contributed by atoms with Crippen molar-refractivity contribution < 1.29 is 4.79 Å². The molecule has 0 aromatic heterocycles. The van der Waals surface area contributed by atoms with Gasteiger partial charge in [-0.25, -0.2) is 4.79 Å². The molecule has 0 spiro atoms. The van der Waals surface area contributed by atoms with E-state index in [1.54, 1.807) is 0 Å². The van der Waals surface area contributed by atoms with E-state index in [0.717, 1.165) is 38.4 Å². The number of carbonyl (C=O) groups is 1. The molecule has 31 heavy (non-hydrogen) atoms. The van der Waals surface area contributed by atoms with Crippen molar-refractivity contribution in [2.45, 2.75) is 45.6 Å². The Kier molecular flexibility index (Phi) is 6.51. The van der Waals surface area contributed by atoms with Gasteiger partial charge in [0.1, 0.15) is 0 Å². The minimum atomic E-state index is 0.000579. The normalized spacial score (nSPS) is 17.8. The van der Waals surface area contributed by atoms with E-state index < -0.39 is 0 Å². The number of benzene rings is 2. The van der Waals surface area contributed by atoms with E-state index in [0.29, 0.717) is 0 Å². The fourth-order valence-corrected chi connectivity index (χ4v) is 4.52. The van der Waals surface area contributed by atoms with E-state index in [9.17, 15) is 4.79 Å². The highest BCUT2D eigenvalue weighted by Gasteiger charge is 2.23. The van der Waals surface area contributed by atoms with Crippen molar-refractivity contribution in [3.63, 3.8) is 0 Å². The first-order chi connectivity index (χ1) is 14.9. The summed E-state index contributed by atoms with van der Waals surface area (Å²) in [6.07, 6.45) is 2.59. The maximum Gasteiger partial charge on any atom is 0.321 e. The molecule has 0 aliphatic carbocycles. The van der Waals surface area contributed by atoms with Crippen LogP contribution in [-0.4, -0.2) is 55.1 Å². The van der Waals surface area contributed by atoms with Crippen LogP contribution in [0.4, 0.5) is 16.2 Å². The molecule has 5 heteroatoms. The van der Waals surface area contributed by atoms with E-state index in [-0.39, 0.29) is 11.4 Å². The van der Waals surface area contributed by atoms with Crippen LogP contribution in [0.2, 0.25) is 0 Å². The molecule has 166 valence electrons. The molecule has 2 aromatic carbocycles. The molecule has 5 nitrogen and oxygen atoms in total. The number of nitrogens with one attached hydrogen (secondary N) is 1. The van der Waals surface area contributed by atoms with Crippen LogP contribution in [0.15, 0.2) is 48.5 Å². The summed E-state index contributed by atoms with van der Waals surface area (Å²) in [4.78, 5) is 19.7. The van der Waals surface area contributed by atoms with E-state index >= 15 is 0 Å². The summed E-state index contributed by atoms with van der Waals surface area (Å²) in [6, 6.07) is 17.0. The largest absolute Gasteiger partial charge is 0.371 e. The van der Waals surface area contributed by atoms with Crippen LogP contribution in [0, 0.1) is 0 Å². The average Bonchev–Trinajstić information content (AvgIpc) is 3.29. The van der Waals surface area contributed by atoms with Gasteiger partial charge in [0.05, 0.1) is 0 Å².